The number of carbonyl (C=O) groups is 1. The van der Waals surface area contributed by atoms with Crippen LogP contribution < -0.4 is 10.2 Å². The molecule has 0 spiro atoms. The summed E-state index contributed by atoms with van der Waals surface area (Å²) in [6, 6.07) is 7.85. The molecule has 0 aromatic heterocycles. The van der Waals surface area contributed by atoms with E-state index < -0.39 is 0 Å². The summed E-state index contributed by atoms with van der Waals surface area (Å²) in [5.74, 6) is 0.0513. The average molecular weight is 236 g/mol. The average Bonchev–Trinajstić information content (AvgIpc) is 2.34. The van der Waals surface area contributed by atoms with Gasteiger partial charge in [-0.2, -0.15) is 0 Å². The van der Waals surface area contributed by atoms with Gasteiger partial charge in [0.25, 0.3) is 0 Å². The van der Waals surface area contributed by atoms with Crippen molar-refractivity contribution < 1.29 is 9.53 Å². The Morgan fingerprint density at radius 2 is 2.12 bits per heavy atom. The molecule has 1 aromatic rings. The molecule has 0 saturated carbocycles. The Morgan fingerprint density at radius 1 is 1.41 bits per heavy atom. The van der Waals surface area contributed by atoms with Gasteiger partial charge in [-0.1, -0.05) is 18.2 Å². The summed E-state index contributed by atoms with van der Waals surface area (Å²) in [4.78, 5) is 13.6. The summed E-state index contributed by atoms with van der Waals surface area (Å²) < 4.78 is 4.90. The Hall–Kier alpha value is -1.39. The van der Waals surface area contributed by atoms with Crippen LogP contribution in [-0.2, 0) is 9.53 Å². The van der Waals surface area contributed by atoms with Gasteiger partial charge in [0.2, 0.25) is 5.91 Å². The fourth-order valence-electron chi connectivity index (χ4n) is 1.56. The number of anilines is 1. The number of nitrogens with one attached hydrogen (secondary N) is 1. The van der Waals surface area contributed by atoms with E-state index in [0.29, 0.717) is 19.7 Å². The Bertz CT molecular complexity index is 366. The lowest BCUT2D eigenvalue weighted by atomic mass is 10.2. The molecule has 1 amide bonds. The molecule has 0 saturated heterocycles. The maximum absolute atomic E-state index is 11.9. The van der Waals surface area contributed by atoms with E-state index in [-0.39, 0.29) is 5.91 Å². The number of likely N-dealkylation sites (N-methyl/N-ethyl adjacent to an activating group) is 1. The third-order valence-corrected chi connectivity index (χ3v) is 2.61. The van der Waals surface area contributed by atoms with Crippen LogP contribution in [0.5, 0.6) is 0 Å². The minimum atomic E-state index is 0.0513. The number of rotatable bonds is 6. The fraction of sp³-hybridized carbons (Fsp3) is 0.462. The predicted molar refractivity (Wildman–Crippen MR) is 69.3 cm³/mol. The van der Waals surface area contributed by atoms with E-state index in [1.807, 2.05) is 31.2 Å². The van der Waals surface area contributed by atoms with Gasteiger partial charge in [-0.05, 0) is 18.6 Å². The Morgan fingerprint density at radius 3 is 2.76 bits per heavy atom. The molecule has 17 heavy (non-hydrogen) atoms. The van der Waals surface area contributed by atoms with Crippen molar-refractivity contribution in [2.24, 2.45) is 0 Å². The molecule has 4 heteroatoms. The summed E-state index contributed by atoms with van der Waals surface area (Å²) in [5, 5.41) is 3.04. The Balaban J connectivity index is 2.49. The molecule has 0 fully saturated rings. The highest BCUT2D eigenvalue weighted by atomic mass is 16.5. The second kappa shape index (κ2) is 7.04. The molecule has 0 radical (unpaired) electrons. The Labute approximate surface area is 103 Å². The van der Waals surface area contributed by atoms with Gasteiger partial charge in [-0.25, -0.2) is 0 Å². The number of hydrogen-bond acceptors (Lipinski definition) is 3. The molecule has 1 rings (SSSR count). The Kier molecular flexibility index (Phi) is 5.66. The van der Waals surface area contributed by atoms with Gasteiger partial charge in [0.15, 0.2) is 0 Å². The van der Waals surface area contributed by atoms with E-state index in [4.69, 9.17) is 4.74 Å². The number of carbonyl (C=O) groups excluding carboxylic acids is 1. The molecule has 1 aromatic carbocycles. The highest BCUT2D eigenvalue weighted by Gasteiger charge is 2.11. The molecule has 0 aliphatic heterocycles. The first-order valence-corrected chi connectivity index (χ1v) is 5.68. The number of amides is 1. The van der Waals surface area contributed by atoms with Crippen LogP contribution in [0.2, 0.25) is 0 Å². The minimum absolute atomic E-state index is 0.0513. The largest absolute Gasteiger partial charge is 0.383 e. The van der Waals surface area contributed by atoms with Gasteiger partial charge in [0, 0.05) is 26.4 Å². The van der Waals surface area contributed by atoms with Gasteiger partial charge in [0.1, 0.15) is 0 Å². The van der Waals surface area contributed by atoms with Crippen molar-refractivity contribution in [2.75, 3.05) is 38.8 Å². The molecule has 0 bridgehead atoms. The summed E-state index contributed by atoms with van der Waals surface area (Å²) in [5.41, 5.74) is 2.05. The first-order valence-electron chi connectivity index (χ1n) is 5.68. The molecule has 0 unspecified atom stereocenters. The van der Waals surface area contributed by atoms with Gasteiger partial charge >= 0.3 is 0 Å². The van der Waals surface area contributed by atoms with Crippen LogP contribution in [0.3, 0.4) is 0 Å². The van der Waals surface area contributed by atoms with E-state index in [0.717, 1.165) is 11.3 Å². The monoisotopic (exact) mass is 236 g/mol. The molecule has 0 heterocycles. The SMILES string of the molecule is COCCNCC(=O)N(C)c1ccccc1C. The molecule has 94 valence electrons. The van der Waals surface area contributed by atoms with E-state index in [1.54, 1.807) is 19.1 Å². The molecule has 0 aliphatic carbocycles. The number of benzene rings is 1. The summed E-state index contributed by atoms with van der Waals surface area (Å²) in [7, 11) is 3.44. The van der Waals surface area contributed by atoms with Crippen molar-refractivity contribution in [2.45, 2.75) is 6.92 Å². The standard InChI is InChI=1S/C13H20N2O2/c1-11-6-4-5-7-12(11)15(2)13(16)10-14-8-9-17-3/h4-7,14H,8-10H2,1-3H3. The third kappa shape index (κ3) is 4.17. The first-order chi connectivity index (χ1) is 8.16. The minimum Gasteiger partial charge on any atom is -0.383 e. The van der Waals surface area contributed by atoms with Gasteiger partial charge in [-0.15, -0.1) is 0 Å². The van der Waals surface area contributed by atoms with E-state index in [9.17, 15) is 4.79 Å². The number of hydrogen-bond donors (Lipinski definition) is 1. The van der Waals surface area contributed by atoms with Crippen molar-refractivity contribution >= 4 is 11.6 Å². The maximum Gasteiger partial charge on any atom is 0.240 e. The van der Waals surface area contributed by atoms with Crippen LogP contribution >= 0.6 is 0 Å². The zero-order chi connectivity index (χ0) is 12.7. The van der Waals surface area contributed by atoms with Crippen molar-refractivity contribution in [1.29, 1.82) is 0 Å². The highest BCUT2D eigenvalue weighted by Crippen LogP contribution is 2.17. The van der Waals surface area contributed by atoms with Gasteiger partial charge in [0.05, 0.1) is 13.2 Å². The van der Waals surface area contributed by atoms with Gasteiger partial charge in [-0.3, -0.25) is 4.79 Å². The number of methoxy groups -OCH3 is 1. The summed E-state index contributed by atoms with van der Waals surface area (Å²) in [6.07, 6.45) is 0. The van der Waals surface area contributed by atoms with Crippen molar-refractivity contribution in [3.63, 3.8) is 0 Å². The van der Waals surface area contributed by atoms with Gasteiger partial charge < -0.3 is 15.0 Å². The number of aryl methyl sites for hydroxylation is 1. The molecule has 0 atom stereocenters. The van der Waals surface area contributed by atoms with Crippen LogP contribution in [0.4, 0.5) is 5.69 Å². The van der Waals surface area contributed by atoms with Crippen LogP contribution in [0.25, 0.3) is 0 Å². The lowest BCUT2D eigenvalue weighted by Gasteiger charge is -2.19. The van der Waals surface area contributed by atoms with Crippen LogP contribution in [0, 0.1) is 6.92 Å². The molecule has 1 N–H and O–H groups in total. The molecule has 4 nitrogen and oxygen atoms in total. The number of ether oxygens (including phenoxy) is 1. The zero-order valence-corrected chi connectivity index (χ0v) is 10.7. The second-order valence-corrected chi connectivity index (χ2v) is 3.91. The first kappa shape index (κ1) is 13.7. The topological polar surface area (TPSA) is 41.6 Å². The molecular weight excluding hydrogens is 216 g/mol. The van der Waals surface area contributed by atoms with Crippen molar-refractivity contribution in [3.8, 4) is 0 Å². The zero-order valence-electron chi connectivity index (χ0n) is 10.7. The quantitative estimate of drug-likeness (QED) is 0.754. The van der Waals surface area contributed by atoms with Crippen LogP contribution in [0.15, 0.2) is 24.3 Å². The van der Waals surface area contributed by atoms with E-state index in [2.05, 4.69) is 5.32 Å². The highest BCUT2D eigenvalue weighted by molar-refractivity contribution is 5.94. The predicted octanol–water partition coefficient (Wildman–Crippen LogP) is 1.19. The summed E-state index contributed by atoms with van der Waals surface area (Å²) >= 11 is 0. The summed E-state index contributed by atoms with van der Waals surface area (Å²) in [6.45, 7) is 3.62. The molecule has 0 aliphatic rings. The van der Waals surface area contributed by atoms with E-state index in [1.165, 1.54) is 0 Å². The normalized spacial score (nSPS) is 10.3. The smallest absolute Gasteiger partial charge is 0.240 e. The lowest BCUT2D eigenvalue weighted by Crippen LogP contribution is -2.36. The number of nitrogens with zero attached hydrogens (tertiary/aromatic N) is 1. The fourth-order valence-corrected chi connectivity index (χ4v) is 1.56. The molecular formula is C13H20N2O2. The van der Waals surface area contributed by atoms with Crippen molar-refractivity contribution in [3.05, 3.63) is 29.8 Å². The third-order valence-electron chi connectivity index (χ3n) is 2.61. The van der Waals surface area contributed by atoms with Crippen LogP contribution in [-0.4, -0.2) is 39.8 Å². The van der Waals surface area contributed by atoms with Crippen molar-refractivity contribution in [1.82, 2.24) is 5.32 Å². The maximum atomic E-state index is 11.9. The lowest BCUT2D eigenvalue weighted by molar-refractivity contribution is -0.117. The van der Waals surface area contributed by atoms with Crippen LogP contribution in [0.1, 0.15) is 5.56 Å². The number of para-hydroxylation sites is 1. The second-order valence-electron chi connectivity index (χ2n) is 3.91. The van der Waals surface area contributed by atoms with E-state index >= 15 is 0 Å².